The second-order valence-corrected chi connectivity index (χ2v) is 5.72. The Kier molecular flexibility index (Phi) is 3.68. The summed E-state index contributed by atoms with van der Waals surface area (Å²) in [6.07, 6.45) is 0.753. The van der Waals surface area contributed by atoms with Gasteiger partial charge in [0.2, 0.25) is 0 Å². The third kappa shape index (κ3) is 2.37. The maximum atomic E-state index is 12.4. The topological polar surface area (TPSA) is 82.2 Å². The van der Waals surface area contributed by atoms with Crippen LogP contribution in [0.1, 0.15) is 22.8 Å². The number of carbonyl (C=O) groups is 1. The standard InChI is InChI=1S/C16H14N2O3S/c1-2-9-5-3-4-6-10(9)17-15(20)12-13(19)14-11(7-8-22-14)18-16(12)21/h3-8H,2H2,1H3,(H,17,20)(H2,18,19,21). The Balaban J connectivity index is 2.04. The van der Waals surface area contributed by atoms with Gasteiger partial charge in [0.25, 0.3) is 11.5 Å². The fourth-order valence-electron chi connectivity index (χ4n) is 2.34. The van der Waals surface area contributed by atoms with Gasteiger partial charge in [0.15, 0.2) is 5.75 Å². The first-order valence-electron chi connectivity index (χ1n) is 6.83. The minimum absolute atomic E-state index is 0.263. The molecule has 0 saturated carbocycles. The van der Waals surface area contributed by atoms with E-state index in [1.807, 2.05) is 19.1 Å². The van der Waals surface area contributed by atoms with Crippen LogP contribution in [0.15, 0.2) is 40.5 Å². The highest BCUT2D eigenvalue weighted by Gasteiger charge is 2.20. The summed E-state index contributed by atoms with van der Waals surface area (Å²) in [6, 6.07) is 9.06. The molecular formula is C16H14N2O3S. The molecule has 0 aliphatic rings. The summed E-state index contributed by atoms with van der Waals surface area (Å²) in [6.45, 7) is 1.98. The predicted octanol–water partition coefficient (Wildman–Crippen LogP) is 3.11. The number of hydrogen-bond acceptors (Lipinski definition) is 4. The van der Waals surface area contributed by atoms with Gasteiger partial charge in [-0.2, -0.15) is 0 Å². The van der Waals surface area contributed by atoms with Crippen molar-refractivity contribution in [3.8, 4) is 5.75 Å². The van der Waals surface area contributed by atoms with Crippen molar-refractivity contribution in [2.45, 2.75) is 13.3 Å². The number of carbonyl (C=O) groups excluding carboxylic acids is 1. The van der Waals surface area contributed by atoms with Crippen LogP contribution in [0.3, 0.4) is 0 Å². The Bertz CT molecular complexity index is 911. The van der Waals surface area contributed by atoms with E-state index in [1.165, 1.54) is 11.3 Å². The molecule has 112 valence electrons. The van der Waals surface area contributed by atoms with E-state index in [4.69, 9.17) is 0 Å². The first-order chi connectivity index (χ1) is 10.6. The van der Waals surface area contributed by atoms with Gasteiger partial charge in [-0.05, 0) is 29.5 Å². The van der Waals surface area contributed by atoms with Gasteiger partial charge in [0.1, 0.15) is 5.56 Å². The first-order valence-corrected chi connectivity index (χ1v) is 7.71. The molecule has 5 nitrogen and oxygen atoms in total. The number of aromatic amines is 1. The number of hydrogen-bond donors (Lipinski definition) is 3. The van der Waals surface area contributed by atoms with Crippen LogP contribution < -0.4 is 10.9 Å². The predicted molar refractivity (Wildman–Crippen MR) is 87.9 cm³/mol. The van der Waals surface area contributed by atoms with E-state index >= 15 is 0 Å². The molecule has 1 amide bonds. The first kappa shape index (κ1) is 14.3. The average molecular weight is 314 g/mol. The van der Waals surface area contributed by atoms with Gasteiger partial charge >= 0.3 is 0 Å². The number of fused-ring (bicyclic) bond motifs is 1. The number of para-hydroxylation sites is 1. The highest BCUT2D eigenvalue weighted by molar-refractivity contribution is 7.17. The van der Waals surface area contributed by atoms with Gasteiger partial charge in [0, 0.05) is 5.69 Å². The Morgan fingerprint density at radius 2 is 2.09 bits per heavy atom. The third-order valence-electron chi connectivity index (χ3n) is 3.47. The molecule has 22 heavy (non-hydrogen) atoms. The van der Waals surface area contributed by atoms with Crippen LogP contribution in [0.4, 0.5) is 5.69 Å². The van der Waals surface area contributed by atoms with E-state index in [9.17, 15) is 14.7 Å². The van der Waals surface area contributed by atoms with Crippen molar-refractivity contribution in [3.63, 3.8) is 0 Å². The van der Waals surface area contributed by atoms with Crippen LogP contribution in [0.2, 0.25) is 0 Å². The zero-order valence-electron chi connectivity index (χ0n) is 11.8. The van der Waals surface area contributed by atoms with Crippen molar-refractivity contribution >= 4 is 33.1 Å². The van der Waals surface area contributed by atoms with Gasteiger partial charge in [-0.3, -0.25) is 9.59 Å². The molecule has 0 saturated heterocycles. The van der Waals surface area contributed by atoms with Gasteiger partial charge in [-0.1, -0.05) is 25.1 Å². The van der Waals surface area contributed by atoms with Gasteiger partial charge < -0.3 is 15.4 Å². The van der Waals surface area contributed by atoms with E-state index in [2.05, 4.69) is 10.3 Å². The molecule has 0 radical (unpaired) electrons. The highest BCUT2D eigenvalue weighted by atomic mass is 32.1. The maximum absolute atomic E-state index is 12.4. The van der Waals surface area contributed by atoms with Crippen molar-refractivity contribution in [1.82, 2.24) is 4.98 Å². The Labute approximate surface area is 130 Å². The molecule has 0 aliphatic heterocycles. The molecule has 3 N–H and O–H groups in total. The van der Waals surface area contributed by atoms with E-state index in [0.717, 1.165) is 12.0 Å². The lowest BCUT2D eigenvalue weighted by atomic mass is 10.1. The lowest BCUT2D eigenvalue weighted by molar-refractivity contribution is 0.102. The molecule has 0 spiro atoms. The molecule has 2 aromatic heterocycles. The number of nitrogens with one attached hydrogen (secondary N) is 2. The SMILES string of the molecule is CCc1ccccc1NC(=O)c1c(O)c2sccc2[nH]c1=O. The monoisotopic (exact) mass is 314 g/mol. The van der Waals surface area contributed by atoms with Crippen LogP contribution >= 0.6 is 11.3 Å². The number of thiophene rings is 1. The number of H-pyrrole nitrogens is 1. The molecule has 0 fully saturated rings. The number of aromatic nitrogens is 1. The lowest BCUT2D eigenvalue weighted by Crippen LogP contribution is -2.23. The molecule has 6 heteroatoms. The molecule has 0 atom stereocenters. The summed E-state index contributed by atoms with van der Waals surface area (Å²) in [7, 11) is 0. The van der Waals surface area contributed by atoms with Gasteiger partial charge in [0.05, 0.1) is 10.2 Å². The number of amides is 1. The quantitative estimate of drug-likeness (QED) is 0.694. The van der Waals surface area contributed by atoms with E-state index < -0.39 is 11.5 Å². The normalized spacial score (nSPS) is 10.8. The summed E-state index contributed by atoms with van der Waals surface area (Å²) in [5.74, 6) is -0.893. The molecule has 0 unspecified atom stereocenters. The van der Waals surface area contributed by atoms with Crippen molar-refractivity contribution in [2.75, 3.05) is 5.32 Å². The van der Waals surface area contributed by atoms with Gasteiger partial charge in [-0.25, -0.2) is 0 Å². The molecule has 0 bridgehead atoms. The Morgan fingerprint density at radius 3 is 2.86 bits per heavy atom. The summed E-state index contributed by atoms with van der Waals surface area (Å²) in [5.41, 5.74) is 1.26. The molecule has 2 heterocycles. The molecule has 3 rings (SSSR count). The van der Waals surface area contributed by atoms with Crippen molar-refractivity contribution < 1.29 is 9.90 Å². The zero-order valence-corrected chi connectivity index (χ0v) is 12.7. The lowest BCUT2D eigenvalue weighted by Gasteiger charge is -2.10. The minimum Gasteiger partial charge on any atom is -0.505 e. The number of benzene rings is 1. The van der Waals surface area contributed by atoms with Crippen molar-refractivity contribution in [1.29, 1.82) is 0 Å². The molecular weight excluding hydrogens is 300 g/mol. The zero-order chi connectivity index (χ0) is 15.7. The number of aromatic hydroxyl groups is 1. The fraction of sp³-hybridized carbons (Fsp3) is 0.125. The molecule has 1 aromatic carbocycles. The van der Waals surface area contributed by atoms with Crippen molar-refractivity contribution in [3.05, 3.63) is 57.2 Å². The summed E-state index contributed by atoms with van der Waals surface area (Å²) >= 11 is 1.27. The molecule has 3 aromatic rings. The van der Waals surface area contributed by atoms with E-state index in [-0.39, 0.29) is 11.3 Å². The van der Waals surface area contributed by atoms with Crippen LogP contribution in [-0.2, 0) is 6.42 Å². The minimum atomic E-state index is -0.616. The van der Waals surface area contributed by atoms with E-state index in [1.54, 1.807) is 23.6 Å². The Morgan fingerprint density at radius 1 is 1.32 bits per heavy atom. The van der Waals surface area contributed by atoms with Crippen molar-refractivity contribution in [2.24, 2.45) is 0 Å². The second-order valence-electron chi connectivity index (χ2n) is 4.81. The molecule has 0 aliphatic carbocycles. The summed E-state index contributed by atoms with van der Waals surface area (Å²) in [5, 5.41) is 14.7. The van der Waals surface area contributed by atoms with E-state index in [0.29, 0.717) is 15.9 Å². The van der Waals surface area contributed by atoms with Crippen LogP contribution in [0.5, 0.6) is 5.75 Å². The summed E-state index contributed by atoms with van der Waals surface area (Å²) < 4.78 is 0.494. The number of aryl methyl sites for hydroxylation is 1. The number of pyridine rings is 1. The summed E-state index contributed by atoms with van der Waals surface area (Å²) in [4.78, 5) is 27.1. The Hall–Kier alpha value is -2.60. The van der Waals surface area contributed by atoms with Crippen LogP contribution in [0.25, 0.3) is 10.2 Å². The fourth-order valence-corrected chi connectivity index (χ4v) is 3.14. The largest absolute Gasteiger partial charge is 0.505 e. The highest BCUT2D eigenvalue weighted by Crippen LogP contribution is 2.30. The number of anilines is 1. The van der Waals surface area contributed by atoms with Gasteiger partial charge in [-0.15, -0.1) is 11.3 Å². The average Bonchev–Trinajstić information content (AvgIpc) is 2.96. The van der Waals surface area contributed by atoms with Crippen LogP contribution in [0, 0.1) is 0 Å². The van der Waals surface area contributed by atoms with Crippen LogP contribution in [-0.4, -0.2) is 16.0 Å². The number of rotatable bonds is 3. The maximum Gasteiger partial charge on any atom is 0.265 e. The second kappa shape index (κ2) is 5.65. The smallest absolute Gasteiger partial charge is 0.265 e. The third-order valence-corrected chi connectivity index (χ3v) is 4.39.